The smallest absolute Gasteiger partial charge is 0.118 e. The minimum absolute atomic E-state index is 0.638. The molecule has 19 heavy (non-hydrogen) atoms. The Kier molecular flexibility index (Phi) is 3.76. The third kappa shape index (κ3) is 2.77. The number of ether oxygens (including phenoxy) is 1. The van der Waals surface area contributed by atoms with E-state index in [1.165, 1.54) is 31.7 Å². The molecule has 0 radical (unpaired) electrons. The highest BCUT2D eigenvalue weighted by atomic mass is 16.5. The lowest BCUT2D eigenvalue weighted by atomic mass is 10.0. The maximum atomic E-state index is 5.21. The first-order valence-electron chi connectivity index (χ1n) is 7.34. The lowest BCUT2D eigenvalue weighted by Crippen LogP contribution is -2.35. The van der Waals surface area contributed by atoms with Gasteiger partial charge in [-0.1, -0.05) is 12.1 Å². The van der Waals surface area contributed by atoms with Gasteiger partial charge in [0, 0.05) is 19.1 Å². The highest BCUT2D eigenvalue weighted by Crippen LogP contribution is 2.28. The lowest BCUT2D eigenvalue weighted by Gasteiger charge is -2.25. The molecule has 0 saturated carbocycles. The molecule has 2 saturated heterocycles. The topological polar surface area (TPSA) is 24.5 Å². The van der Waals surface area contributed by atoms with Crippen LogP contribution >= 0.6 is 0 Å². The summed E-state index contributed by atoms with van der Waals surface area (Å²) in [7, 11) is 1.72. The quantitative estimate of drug-likeness (QED) is 0.893. The zero-order chi connectivity index (χ0) is 13.2. The molecule has 1 aromatic carbocycles. The lowest BCUT2D eigenvalue weighted by molar-refractivity contribution is 0.239. The van der Waals surface area contributed by atoms with Gasteiger partial charge in [0.25, 0.3) is 0 Å². The minimum Gasteiger partial charge on any atom is -0.497 e. The van der Waals surface area contributed by atoms with Gasteiger partial charge in [-0.2, -0.15) is 0 Å². The summed E-state index contributed by atoms with van der Waals surface area (Å²) in [5.74, 6) is 2.72. The molecular formula is C16H24N2O. The Morgan fingerprint density at radius 3 is 2.42 bits per heavy atom. The number of benzene rings is 1. The monoisotopic (exact) mass is 260 g/mol. The number of nitrogens with zero attached hydrogens (tertiary/aromatic N) is 1. The van der Waals surface area contributed by atoms with E-state index in [9.17, 15) is 0 Å². The molecule has 3 nitrogen and oxygen atoms in total. The van der Waals surface area contributed by atoms with Crippen LogP contribution in [-0.2, 0) is 6.42 Å². The Morgan fingerprint density at radius 1 is 1.21 bits per heavy atom. The molecule has 0 amide bonds. The third-order valence-electron chi connectivity index (χ3n) is 4.73. The van der Waals surface area contributed by atoms with Crippen molar-refractivity contribution in [3.05, 3.63) is 29.8 Å². The van der Waals surface area contributed by atoms with Crippen LogP contribution in [0, 0.1) is 11.8 Å². The molecular weight excluding hydrogens is 236 g/mol. The molecule has 3 rings (SSSR count). The van der Waals surface area contributed by atoms with Gasteiger partial charge in [0.1, 0.15) is 5.75 Å². The van der Waals surface area contributed by atoms with Crippen LogP contribution < -0.4 is 10.1 Å². The fourth-order valence-electron chi connectivity index (χ4n) is 3.48. The van der Waals surface area contributed by atoms with Gasteiger partial charge in [0.15, 0.2) is 0 Å². The summed E-state index contributed by atoms with van der Waals surface area (Å²) in [6, 6.07) is 9.13. The Balaban J connectivity index is 1.57. The van der Waals surface area contributed by atoms with Gasteiger partial charge in [-0.15, -0.1) is 0 Å². The Labute approximate surface area is 115 Å². The number of methoxy groups -OCH3 is 1. The predicted octanol–water partition coefficient (Wildman–Crippen LogP) is 1.78. The first-order chi connectivity index (χ1) is 9.26. The van der Waals surface area contributed by atoms with Crippen molar-refractivity contribution in [1.29, 1.82) is 0 Å². The van der Waals surface area contributed by atoms with Crippen LogP contribution in [0.4, 0.5) is 0 Å². The van der Waals surface area contributed by atoms with Crippen LogP contribution in [0.3, 0.4) is 0 Å². The molecule has 2 aliphatic heterocycles. The molecule has 1 aromatic rings. The van der Waals surface area contributed by atoms with Crippen LogP contribution in [0.25, 0.3) is 0 Å². The van der Waals surface area contributed by atoms with Gasteiger partial charge >= 0.3 is 0 Å². The summed E-state index contributed by atoms with van der Waals surface area (Å²) in [5, 5.41) is 3.51. The second-order valence-corrected chi connectivity index (χ2v) is 6.03. The molecule has 0 spiro atoms. The van der Waals surface area contributed by atoms with E-state index >= 15 is 0 Å². The normalized spacial score (nSPS) is 28.3. The van der Waals surface area contributed by atoms with Crippen LogP contribution in [-0.4, -0.2) is 44.2 Å². The van der Waals surface area contributed by atoms with Gasteiger partial charge in [0.05, 0.1) is 7.11 Å². The van der Waals surface area contributed by atoms with Crippen molar-refractivity contribution in [2.75, 3.05) is 33.3 Å². The summed E-state index contributed by atoms with van der Waals surface area (Å²) in [5.41, 5.74) is 1.41. The Morgan fingerprint density at radius 2 is 1.84 bits per heavy atom. The standard InChI is InChI=1S/C16H24N2O/c1-12(7-13-3-5-16(19-2)6-4-13)18-10-14-8-17-9-15(14)11-18/h3-6,12,14-15,17H,7-11H2,1-2H3. The second-order valence-electron chi connectivity index (χ2n) is 6.03. The molecule has 0 aromatic heterocycles. The summed E-state index contributed by atoms with van der Waals surface area (Å²) < 4.78 is 5.21. The van der Waals surface area contributed by atoms with E-state index in [1.807, 2.05) is 0 Å². The molecule has 2 heterocycles. The van der Waals surface area contributed by atoms with Gasteiger partial charge in [-0.05, 0) is 56.0 Å². The fraction of sp³-hybridized carbons (Fsp3) is 0.625. The van der Waals surface area contributed by atoms with E-state index in [2.05, 4.69) is 41.4 Å². The largest absolute Gasteiger partial charge is 0.497 e. The van der Waals surface area contributed by atoms with E-state index in [1.54, 1.807) is 7.11 Å². The number of hydrogen-bond donors (Lipinski definition) is 1. The summed E-state index contributed by atoms with van der Waals surface area (Å²) in [6.07, 6.45) is 1.14. The molecule has 2 aliphatic rings. The summed E-state index contributed by atoms with van der Waals surface area (Å²) >= 11 is 0. The van der Waals surface area contributed by atoms with Crippen LogP contribution in [0.5, 0.6) is 5.75 Å². The molecule has 104 valence electrons. The Hall–Kier alpha value is -1.06. The van der Waals surface area contributed by atoms with Crippen LogP contribution in [0.2, 0.25) is 0 Å². The number of nitrogens with one attached hydrogen (secondary N) is 1. The van der Waals surface area contributed by atoms with Crippen molar-refractivity contribution in [2.45, 2.75) is 19.4 Å². The van der Waals surface area contributed by atoms with E-state index in [0.717, 1.165) is 24.0 Å². The highest BCUT2D eigenvalue weighted by molar-refractivity contribution is 5.27. The molecule has 3 unspecified atom stereocenters. The average molecular weight is 260 g/mol. The van der Waals surface area contributed by atoms with Crippen molar-refractivity contribution in [3.8, 4) is 5.75 Å². The van der Waals surface area contributed by atoms with Crippen molar-refractivity contribution >= 4 is 0 Å². The number of rotatable bonds is 4. The average Bonchev–Trinajstić information content (AvgIpc) is 3.00. The van der Waals surface area contributed by atoms with E-state index in [-0.39, 0.29) is 0 Å². The molecule has 3 atom stereocenters. The molecule has 0 bridgehead atoms. The molecule has 3 heteroatoms. The SMILES string of the molecule is COc1ccc(CC(C)N2CC3CNCC3C2)cc1. The van der Waals surface area contributed by atoms with Crippen molar-refractivity contribution in [2.24, 2.45) is 11.8 Å². The van der Waals surface area contributed by atoms with E-state index in [4.69, 9.17) is 4.74 Å². The van der Waals surface area contributed by atoms with Crippen LogP contribution in [0.1, 0.15) is 12.5 Å². The van der Waals surface area contributed by atoms with Crippen molar-refractivity contribution in [1.82, 2.24) is 10.2 Å². The van der Waals surface area contributed by atoms with Crippen LogP contribution in [0.15, 0.2) is 24.3 Å². The zero-order valence-corrected chi connectivity index (χ0v) is 11.9. The predicted molar refractivity (Wildman–Crippen MR) is 77.6 cm³/mol. The van der Waals surface area contributed by atoms with Gasteiger partial charge in [0.2, 0.25) is 0 Å². The first kappa shape index (κ1) is 12.9. The fourth-order valence-corrected chi connectivity index (χ4v) is 3.48. The maximum Gasteiger partial charge on any atom is 0.118 e. The zero-order valence-electron chi connectivity index (χ0n) is 11.9. The second kappa shape index (κ2) is 5.51. The number of likely N-dealkylation sites (tertiary alicyclic amines) is 1. The highest BCUT2D eigenvalue weighted by Gasteiger charge is 2.37. The third-order valence-corrected chi connectivity index (χ3v) is 4.73. The number of fused-ring (bicyclic) bond motifs is 1. The minimum atomic E-state index is 0.638. The molecule has 0 aliphatic carbocycles. The van der Waals surface area contributed by atoms with E-state index < -0.39 is 0 Å². The van der Waals surface area contributed by atoms with Gasteiger partial charge < -0.3 is 10.1 Å². The first-order valence-corrected chi connectivity index (χ1v) is 7.34. The molecule has 2 fully saturated rings. The molecule has 1 N–H and O–H groups in total. The van der Waals surface area contributed by atoms with Gasteiger partial charge in [-0.3, -0.25) is 4.90 Å². The summed E-state index contributed by atoms with van der Waals surface area (Å²) in [6.45, 7) is 7.34. The summed E-state index contributed by atoms with van der Waals surface area (Å²) in [4.78, 5) is 2.67. The van der Waals surface area contributed by atoms with Crippen molar-refractivity contribution in [3.63, 3.8) is 0 Å². The van der Waals surface area contributed by atoms with E-state index in [0.29, 0.717) is 6.04 Å². The Bertz CT molecular complexity index is 405. The van der Waals surface area contributed by atoms with Gasteiger partial charge in [-0.25, -0.2) is 0 Å². The maximum absolute atomic E-state index is 5.21. The number of hydrogen-bond acceptors (Lipinski definition) is 3. The van der Waals surface area contributed by atoms with Crippen molar-refractivity contribution < 1.29 is 4.74 Å².